The van der Waals surface area contributed by atoms with Crippen LogP contribution in [0.2, 0.25) is 0 Å². The molecule has 160 valence electrons. The highest BCUT2D eigenvalue weighted by Crippen LogP contribution is 2.31. The summed E-state index contributed by atoms with van der Waals surface area (Å²) in [5, 5.41) is 8.63. The maximum absolute atomic E-state index is 13.7. The molecule has 6 nitrogen and oxygen atoms in total. The monoisotopic (exact) mass is 415 g/mol. The molecular formula is C23H26FNO5. The average molecular weight is 415 g/mol. The van der Waals surface area contributed by atoms with Gasteiger partial charge in [-0.25, -0.2) is 18.9 Å². The number of rotatable bonds is 8. The number of anilines is 2. The van der Waals surface area contributed by atoms with Gasteiger partial charge in [0.2, 0.25) is 0 Å². The molecule has 1 aliphatic rings. The molecule has 0 atom stereocenters. The maximum atomic E-state index is 13.7. The average Bonchev–Trinajstić information content (AvgIpc) is 2.74. The zero-order valence-corrected chi connectivity index (χ0v) is 16.7. The first kappa shape index (κ1) is 21.8. The minimum Gasteiger partial charge on any atom is -0.480 e. The van der Waals surface area contributed by atoms with Crippen LogP contribution in [0.25, 0.3) is 0 Å². The number of para-hydroxylation sites is 1. The molecule has 3 rings (SSSR count). The van der Waals surface area contributed by atoms with Gasteiger partial charge in [0.25, 0.3) is 0 Å². The number of aliphatic carboxylic acids is 1. The van der Waals surface area contributed by atoms with Crippen molar-refractivity contribution in [1.82, 2.24) is 0 Å². The summed E-state index contributed by atoms with van der Waals surface area (Å²) in [4.78, 5) is 24.8. The number of halogens is 1. The summed E-state index contributed by atoms with van der Waals surface area (Å²) in [5.74, 6) is -0.805. The lowest BCUT2D eigenvalue weighted by Crippen LogP contribution is -2.30. The third-order valence-corrected chi connectivity index (χ3v) is 5.25. The first-order chi connectivity index (χ1) is 14.5. The number of hydrogen-bond acceptors (Lipinski definition) is 4. The van der Waals surface area contributed by atoms with Crippen molar-refractivity contribution in [2.24, 2.45) is 11.8 Å². The van der Waals surface area contributed by atoms with Crippen molar-refractivity contribution in [2.75, 3.05) is 24.7 Å². The Balaban J connectivity index is 1.55. The molecule has 0 spiro atoms. The van der Waals surface area contributed by atoms with Gasteiger partial charge in [0.1, 0.15) is 12.4 Å². The van der Waals surface area contributed by atoms with E-state index in [1.54, 1.807) is 24.3 Å². The zero-order chi connectivity index (χ0) is 21.3. The second-order valence-electron chi connectivity index (χ2n) is 7.52. The van der Waals surface area contributed by atoms with Crippen molar-refractivity contribution in [3.8, 4) is 0 Å². The van der Waals surface area contributed by atoms with Gasteiger partial charge in [-0.05, 0) is 67.9 Å². The van der Waals surface area contributed by atoms with Crippen LogP contribution in [0, 0.1) is 17.7 Å². The minimum atomic E-state index is -0.961. The lowest BCUT2D eigenvalue weighted by Gasteiger charge is -2.29. The van der Waals surface area contributed by atoms with Gasteiger partial charge < -0.3 is 14.6 Å². The molecule has 1 aliphatic carbocycles. The van der Waals surface area contributed by atoms with Crippen molar-refractivity contribution in [3.63, 3.8) is 0 Å². The highest BCUT2D eigenvalue weighted by Gasteiger charge is 2.25. The summed E-state index contributed by atoms with van der Waals surface area (Å²) in [5.41, 5.74) is 1.01. The van der Waals surface area contributed by atoms with Crippen molar-refractivity contribution in [2.45, 2.75) is 25.7 Å². The number of nitrogens with zero attached hydrogens (tertiary/aromatic N) is 1. The van der Waals surface area contributed by atoms with E-state index in [1.807, 2.05) is 18.2 Å². The SMILES string of the molecule is O=C(O)COC[C@H]1CC[C@@H](COC(=O)N(c2ccccc2)c2cccc(F)c2)CC1. The van der Waals surface area contributed by atoms with E-state index < -0.39 is 17.9 Å². The topological polar surface area (TPSA) is 76.1 Å². The predicted molar refractivity (Wildman–Crippen MR) is 110 cm³/mol. The maximum Gasteiger partial charge on any atom is 0.418 e. The van der Waals surface area contributed by atoms with Crippen molar-refractivity contribution in [3.05, 3.63) is 60.4 Å². The first-order valence-electron chi connectivity index (χ1n) is 10.1. The zero-order valence-electron chi connectivity index (χ0n) is 16.7. The molecule has 0 saturated heterocycles. The third kappa shape index (κ3) is 6.29. The Bertz CT molecular complexity index is 836. The molecule has 1 N–H and O–H groups in total. The molecule has 30 heavy (non-hydrogen) atoms. The summed E-state index contributed by atoms with van der Waals surface area (Å²) < 4.78 is 24.5. The van der Waals surface area contributed by atoms with Crippen LogP contribution < -0.4 is 4.90 Å². The quantitative estimate of drug-likeness (QED) is 0.656. The Morgan fingerprint density at radius 3 is 2.20 bits per heavy atom. The molecule has 1 saturated carbocycles. The number of benzene rings is 2. The smallest absolute Gasteiger partial charge is 0.418 e. The van der Waals surface area contributed by atoms with Gasteiger partial charge in [-0.15, -0.1) is 0 Å². The fourth-order valence-electron chi connectivity index (χ4n) is 3.68. The Morgan fingerprint density at radius 2 is 1.57 bits per heavy atom. The Morgan fingerprint density at radius 1 is 0.933 bits per heavy atom. The van der Waals surface area contributed by atoms with Crippen LogP contribution in [0.5, 0.6) is 0 Å². The van der Waals surface area contributed by atoms with E-state index in [0.717, 1.165) is 25.7 Å². The fourth-order valence-corrected chi connectivity index (χ4v) is 3.68. The van der Waals surface area contributed by atoms with Crippen LogP contribution in [0.3, 0.4) is 0 Å². The van der Waals surface area contributed by atoms with Gasteiger partial charge in [-0.1, -0.05) is 24.3 Å². The lowest BCUT2D eigenvalue weighted by molar-refractivity contribution is -0.142. The van der Waals surface area contributed by atoms with Gasteiger partial charge in [-0.2, -0.15) is 0 Å². The fraction of sp³-hybridized carbons (Fsp3) is 0.391. The van der Waals surface area contributed by atoms with Gasteiger partial charge in [0, 0.05) is 0 Å². The van der Waals surface area contributed by atoms with Gasteiger partial charge in [0.15, 0.2) is 0 Å². The van der Waals surface area contributed by atoms with E-state index in [1.165, 1.54) is 17.0 Å². The Hall–Kier alpha value is -2.93. The van der Waals surface area contributed by atoms with Crippen LogP contribution in [-0.4, -0.2) is 37.0 Å². The molecule has 2 aromatic carbocycles. The number of amides is 1. The molecule has 0 heterocycles. The molecule has 1 fully saturated rings. The summed E-state index contributed by atoms with van der Waals surface area (Å²) in [6.45, 7) is 0.466. The number of ether oxygens (including phenoxy) is 2. The van der Waals surface area contributed by atoms with Crippen LogP contribution >= 0.6 is 0 Å². The van der Waals surface area contributed by atoms with Crippen molar-refractivity contribution >= 4 is 23.4 Å². The number of hydrogen-bond donors (Lipinski definition) is 1. The predicted octanol–water partition coefficient (Wildman–Crippen LogP) is 5.01. The molecule has 0 unspecified atom stereocenters. The van der Waals surface area contributed by atoms with Crippen molar-refractivity contribution in [1.29, 1.82) is 0 Å². The van der Waals surface area contributed by atoms with E-state index in [4.69, 9.17) is 14.6 Å². The number of carboxylic acid groups (broad SMARTS) is 1. The van der Waals surface area contributed by atoms with E-state index in [0.29, 0.717) is 30.5 Å². The lowest BCUT2D eigenvalue weighted by atomic mass is 9.83. The van der Waals surface area contributed by atoms with Crippen LogP contribution in [0.1, 0.15) is 25.7 Å². The van der Waals surface area contributed by atoms with Crippen LogP contribution in [0.4, 0.5) is 20.6 Å². The standard InChI is InChI=1S/C23H26FNO5/c24-19-5-4-8-21(13-19)25(20-6-2-1-3-7-20)23(28)30-15-18-11-9-17(10-12-18)14-29-16-22(26)27/h1-8,13,17-18H,9-12,14-16H2,(H,26,27)/t17-,18+. The molecule has 7 heteroatoms. The van der Waals surface area contributed by atoms with Crippen molar-refractivity contribution < 1.29 is 28.6 Å². The van der Waals surface area contributed by atoms with E-state index in [-0.39, 0.29) is 12.5 Å². The van der Waals surface area contributed by atoms with E-state index >= 15 is 0 Å². The molecule has 0 aromatic heterocycles. The summed E-state index contributed by atoms with van der Waals surface area (Å²) >= 11 is 0. The number of carbonyl (C=O) groups excluding carboxylic acids is 1. The number of carboxylic acids is 1. The highest BCUT2D eigenvalue weighted by molar-refractivity contribution is 5.95. The molecule has 0 bridgehead atoms. The first-order valence-corrected chi connectivity index (χ1v) is 10.1. The highest BCUT2D eigenvalue weighted by atomic mass is 19.1. The summed E-state index contributed by atoms with van der Waals surface area (Å²) in [6.07, 6.45) is 3.06. The summed E-state index contributed by atoms with van der Waals surface area (Å²) in [7, 11) is 0. The normalized spacial score (nSPS) is 18.6. The summed E-state index contributed by atoms with van der Waals surface area (Å²) in [6, 6.07) is 14.9. The molecular weight excluding hydrogens is 389 g/mol. The number of carbonyl (C=O) groups is 2. The van der Waals surface area contributed by atoms with E-state index in [2.05, 4.69) is 0 Å². The van der Waals surface area contributed by atoms with Crippen LogP contribution in [-0.2, 0) is 14.3 Å². The minimum absolute atomic E-state index is 0.245. The molecule has 2 aromatic rings. The van der Waals surface area contributed by atoms with Gasteiger partial charge in [-0.3, -0.25) is 0 Å². The van der Waals surface area contributed by atoms with E-state index in [9.17, 15) is 14.0 Å². The largest absolute Gasteiger partial charge is 0.480 e. The van der Waals surface area contributed by atoms with Gasteiger partial charge in [0.05, 0.1) is 24.6 Å². The molecule has 0 aliphatic heterocycles. The Kier molecular flexibility index (Phi) is 7.79. The molecule has 0 radical (unpaired) electrons. The molecule has 1 amide bonds. The van der Waals surface area contributed by atoms with Gasteiger partial charge >= 0.3 is 12.1 Å². The third-order valence-electron chi connectivity index (χ3n) is 5.25. The second kappa shape index (κ2) is 10.7. The van der Waals surface area contributed by atoms with Crippen LogP contribution in [0.15, 0.2) is 54.6 Å². The Labute approximate surface area is 175 Å². The second-order valence-corrected chi connectivity index (χ2v) is 7.52.